The number of hydrogen-bond acceptors (Lipinski definition) is 8. The number of aliphatic hydroxyl groups is 2. The minimum absolute atomic E-state index is 0.295. The van der Waals surface area contributed by atoms with Crippen LogP contribution in [-0.4, -0.2) is 71.6 Å². The highest BCUT2D eigenvalue weighted by Crippen LogP contribution is 2.46. The Morgan fingerprint density at radius 1 is 0.815 bits per heavy atom. The van der Waals surface area contributed by atoms with Crippen LogP contribution in [0.25, 0.3) is 16.8 Å². The summed E-state index contributed by atoms with van der Waals surface area (Å²) in [4.78, 5) is 21.6. The molecule has 11 nitrogen and oxygen atoms in total. The van der Waals surface area contributed by atoms with Crippen LogP contribution >= 0.6 is 0 Å². The molecular formula is C40H41F3N8O3. The lowest BCUT2D eigenvalue weighted by molar-refractivity contribution is -0.207. The Labute approximate surface area is 310 Å². The normalized spacial score (nSPS) is 15.9. The summed E-state index contributed by atoms with van der Waals surface area (Å²) in [6.45, 7) is 5.99. The zero-order valence-electron chi connectivity index (χ0n) is 29.9. The molecule has 1 saturated heterocycles. The van der Waals surface area contributed by atoms with E-state index in [1.54, 1.807) is 6.92 Å². The van der Waals surface area contributed by atoms with Crippen LogP contribution in [0, 0.1) is 5.82 Å². The van der Waals surface area contributed by atoms with E-state index in [0.29, 0.717) is 17.7 Å². The molecule has 3 aromatic heterocycles. The van der Waals surface area contributed by atoms with Gasteiger partial charge in [0.25, 0.3) is 0 Å². The summed E-state index contributed by atoms with van der Waals surface area (Å²) < 4.78 is 51.2. The van der Waals surface area contributed by atoms with E-state index in [1.165, 1.54) is 58.4 Å². The topological polar surface area (TPSA) is 117 Å². The van der Waals surface area contributed by atoms with Crippen molar-refractivity contribution in [3.8, 4) is 16.8 Å². The van der Waals surface area contributed by atoms with Crippen molar-refractivity contribution in [3.63, 3.8) is 0 Å². The fourth-order valence-corrected chi connectivity index (χ4v) is 7.09. The number of benzene rings is 3. The molecule has 3 atom stereocenters. The Kier molecular flexibility index (Phi) is 10.1. The average molecular weight is 739 g/mol. The van der Waals surface area contributed by atoms with Crippen molar-refractivity contribution in [2.75, 3.05) is 36.0 Å². The standard InChI is InChI=1S/C40H41F3N8O3/c1-3-36(28(2)52)51-38(53)50(27-46-51)33-16-14-32(15-17-33)48-23-21-47(22-24-48)31-12-9-29(10-13-31)30-11-18-37(44-25-30)40(42,43)39(54,26-49-20-6-19-45-49)34-7-4-5-8-35(34)41/h4-20,25,27-28,36,52,54H,3,21-24,26H2,1-2H3/t28-,36-,39?/m0/s1. The van der Waals surface area contributed by atoms with Gasteiger partial charge in [-0.05, 0) is 73.5 Å². The second-order valence-electron chi connectivity index (χ2n) is 13.5. The van der Waals surface area contributed by atoms with Gasteiger partial charge in [-0.25, -0.2) is 18.4 Å². The molecule has 3 aromatic carbocycles. The van der Waals surface area contributed by atoms with Crippen LogP contribution in [0.3, 0.4) is 0 Å². The maximum Gasteiger partial charge on any atom is 0.350 e. The molecule has 1 fully saturated rings. The molecule has 1 unspecified atom stereocenters. The van der Waals surface area contributed by atoms with Gasteiger partial charge in [-0.1, -0.05) is 43.3 Å². The molecular weight excluding hydrogens is 697 g/mol. The van der Waals surface area contributed by atoms with Gasteiger partial charge in [-0.3, -0.25) is 9.67 Å². The van der Waals surface area contributed by atoms with Gasteiger partial charge in [0, 0.05) is 67.3 Å². The van der Waals surface area contributed by atoms with E-state index in [0.717, 1.165) is 66.0 Å². The molecule has 1 aliphatic rings. The van der Waals surface area contributed by atoms with Gasteiger partial charge in [-0.15, -0.1) is 0 Å². The van der Waals surface area contributed by atoms with Gasteiger partial charge in [-0.2, -0.15) is 19.0 Å². The molecule has 7 rings (SSSR count). The summed E-state index contributed by atoms with van der Waals surface area (Å²) >= 11 is 0. The molecule has 4 heterocycles. The molecule has 280 valence electrons. The average Bonchev–Trinajstić information content (AvgIpc) is 3.84. The molecule has 0 bridgehead atoms. The second kappa shape index (κ2) is 15.0. The molecule has 0 saturated carbocycles. The molecule has 0 amide bonds. The van der Waals surface area contributed by atoms with Crippen molar-refractivity contribution in [1.82, 2.24) is 29.1 Å². The summed E-state index contributed by atoms with van der Waals surface area (Å²) in [6.07, 6.45) is 5.52. The number of pyridine rings is 1. The maximum absolute atomic E-state index is 16.2. The lowest BCUT2D eigenvalue weighted by Crippen LogP contribution is -2.47. The van der Waals surface area contributed by atoms with Gasteiger partial charge >= 0.3 is 11.6 Å². The number of piperazine rings is 1. The molecule has 2 N–H and O–H groups in total. The van der Waals surface area contributed by atoms with Crippen LogP contribution in [0.2, 0.25) is 0 Å². The van der Waals surface area contributed by atoms with Gasteiger partial charge in [0.05, 0.1) is 24.4 Å². The fraction of sp³-hybridized carbons (Fsp3) is 0.300. The first kappa shape index (κ1) is 36.6. The number of nitrogens with zero attached hydrogens (tertiary/aromatic N) is 8. The first-order chi connectivity index (χ1) is 26.0. The van der Waals surface area contributed by atoms with E-state index >= 15 is 8.78 Å². The van der Waals surface area contributed by atoms with E-state index in [9.17, 15) is 19.4 Å². The first-order valence-electron chi connectivity index (χ1n) is 17.8. The first-order valence-corrected chi connectivity index (χ1v) is 17.8. The predicted molar refractivity (Wildman–Crippen MR) is 199 cm³/mol. The molecule has 6 aromatic rings. The third kappa shape index (κ3) is 6.90. The Hall–Kier alpha value is -5.73. The zero-order valence-corrected chi connectivity index (χ0v) is 29.9. The SMILES string of the molecule is CC[C@@H]([C@H](C)O)n1ncn(-c2ccc(N3CCN(c4ccc(-c5ccc(C(F)(F)C(O)(Cn6cccn6)c6ccccc6F)nc5)cc4)CC3)cc2)c1=O. The highest BCUT2D eigenvalue weighted by Gasteiger charge is 2.57. The lowest BCUT2D eigenvalue weighted by Gasteiger charge is -2.37. The van der Waals surface area contributed by atoms with E-state index in [-0.39, 0.29) is 5.69 Å². The van der Waals surface area contributed by atoms with Gasteiger partial charge in [0.2, 0.25) is 0 Å². The third-order valence-corrected chi connectivity index (χ3v) is 10.2. The van der Waals surface area contributed by atoms with Crippen molar-refractivity contribution in [2.24, 2.45) is 0 Å². The van der Waals surface area contributed by atoms with Crippen molar-refractivity contribution >= 4 is 11.4 Å². The largest absolute Gasteiger partial charge is 0.391 e. The van der Waals surface area contributed by atoms with Gasteiger partial charge in [0.1, 0.15) is 17.8 Å². The predicted octanol–water partition coefficient (Wildman–Crippen LogP) is 5.77. The molecule has 1 aliphatic heterocycles. The quantitative estimate of drug-likeness (QED) is 0.163. The number of anilines is 2. The maximum atomic E-state index is 16.2. The molecule has 0 spiro atoms. The van der Waals surface area contributed by atoms with Crippen LogP contribution < -0.4 is 15.5 Å². The Balaban J connectivity index is 1.000. The summed E-state index contributed by atoms with van der Waals surface area (Å²) in [7, 11) is 0. The molecule has 54 heavy (non-hydrogen) atoms. The summed E-state index contributed by atoms with van der Waals surface area (Å²) in [5, 5.41) is 29.8. The Morgan fingerprint density at radius 2 is 1.43 bits per heavy atom. The van der Waals surface area contributed by atoms with E-state index in [4.69, 9.17) is 0 Å². The number of hydrogen-bond donors (Lipinski definition) is 2. The van der Waals surface area contributed by atoms with Crippen molar-refractivity contribution in [1.29, 1.82) is 0 Å². The fourth-order valence-electron chi connectivity index (χ4n) is 7.09. The van der Waals surface area contributed by atoms with Gasteiger partial charge < -0.3 is 20.0 Å². The van der Waals surface area contributed by atoms with E-state index < -0.39 is 47.3 Å². The monoisotopic (exact) mass is 738 g/mol. The summed E-state index contributed by atoms with van der Waals surface area (Å²) in [5.41, 5.74) is -0.367. The molecule has 14 heteroatoms. The number of alkyl halides is 2. The van der Waals surface area contributed by atoms with E-state index in [2.05, 4.69) is 25.0 Å². The van der Waals surface area contributed by atoms with Crippen LogP contribution in [0.5, 0.6) is 0 Å². The number of rotatable bonds is 12. The van der Waals surface area contributed by atoms with Crippen LogP contribution in [0.1, 0.15) is 37.6 Å². The summed E-state index contributed by atoms with van der Waals surface area (Å²) in [5.74, 6) is -4.94. The van der Waals surface area contributed by atoms with Crippen LogP contribution in [-0.2, 0) is 18.1 Å². The molecule has 0 radical (unpaired) electrons. The van der Waals surface area contributed by atoms with E-state index in [1.807, 2.05) is 55.5 Å². The Morgan fingerprint density at radius 3 is 1.98 bits per heavy atom. The minimum atomic E-state index is -3.98. The lowest BCUT2D eigenvalue weighted by atomic mass is 9.84. The zero-order chi connectivity index (χ0) is 38.0. The third-order valence-electron chi connectivity index (χ3n) is 10.2. The Bertz CT molecular complexity index is 2210. The van der Waals surface area contributed by atoms with Crippen molar-refractivity contribution in [3.05, 3.63) is 143 Å². The number of aliphatic hydroxyl groups excluding tert-OH is 1. The van der Waals surface area contributed by atoms with Gasteiger partial charge in [0.15, 0.2) is 5.60 Å². The van der Waals surface area contributed by atoms with Crippen molar-refractivity contribution in [2.45, 2.75) is 50.5 Å². The minimum Gasteiger partial charge on any atom is -0.391 e. The number of aromatic nitrogens is 6. The van der Waals surface area contributed by atoms with Crippen LogP contribution in [0.4, 0.5) is 24.5 Å². The molecule has 0 aliphatic carbocycles. The van der Waals surface area contributed by atoms with Crippen molar-refractivity contribution < 1.29 is 23.4 Å². The number of halogens is 3. The van der Waals surface area contributed by atoms with Crippen LogP contribution in [0.15, 0.2) is 121 Å². The highest BCUT2D eigenvalue weighted by molar-refractivity contribution is 5.66. The highest BCUT2D eigenvalue weighted by atomic mass is 19.3. The smallest absolute Gasteiger partial charge is 0.350 e. The summed E-state index contributed by atoms with van der Waals surface area (Å²) in [6, 6.07) is 24.3. The second-order valence-corrected chi connectivity index (χ2v) is 13.5.